The number of hydrogen-bond donors (Lipinski definition) is 1. The van der Waals surface area contributed by atoms with Crippen LogP contribution >= 0.6 is 0 Å². The van der Waals surface area contributed by atoms with E-state index in [4.69, 9.17) is 0 Å². The van der Waals surface area contributed by atoms with Crippen molar-refractivity contribution in [3.05, 3.63) is 75.3 Å². The second-order valence-electron chi connectivity index (χ2n) is 4.31. The molecule has 4 heteroatoms. The first kappa shape index (κ1) is 13.2. The van der Waals surface area contributed by atoms with Crippen LogP contribution in [0, 0.1) is 10.1 Å². The van der Waals surface area contributed by atoms with Crippen molar-refractivity contribution in [1.29, 1.82) is 0 Å². The third-order valence-corrected chi connectivity index (χ3v) is 3.13. The van der Waals surface area contributed by atoms with Crippen molar-refractivity contribution in [3.8, 4) is 0 Å². The molecule has 0 aliphatic rings. The Morgan fingerprint density at radius 2 is 1.79 bits per heavy atom. The fourth-order valence-corrected chi connectivity index (χ4v) is 2.00. The van der Waals surface area contributed by atoms with E-state index in [1.165, 1.54) is 11.6 Å². The summed E-state index contributed by atoms with van der Waals surface area (Å²) < 4.78 is 0. The topological polar surface area (TPSA) is 63.4 Å². The predicted octanol–water partition coefficient (Wildman–Crippen LogP) is 3.24. The molecule has 0 aliphatic carbocycles. The number of nitro groups is 1. The molecule has 19 heavy (non-hydrogen) atoms. The van der Waals surface area contributed by atoms with Gasteiger partial charge in [0.2, 0.25) is 0 Å². The monoisotopic (exact) mass is 257 g/mol. The quantitative estimate of drug-likeness (QED) is 0.675. The van der Waals surface area contributed by atoms with Crippen molar-refractivity contribution in [3.63, 3.8) is 0 Å². The molecule has 0 saturated heterocycles. The summed E-state index contributed by atoms with van der Waals surface area (Å²) >= 11 is 0. The average molecular weight is 257 g/mol. The maximum atomic E-state index is 11.0. The molecule has 0 heterocycles. The van der Waals surface area contributed by atoms with Crippen molar-refractivity contribution >= 4 is 5.69 Å². The van der Waals surface area contributed by atoms with Crippen molar-refractivity contribution < 1.29 is 10.0 Å². The van der Waals surface area contributed by atoms with Crippen LogP contribution in [-0.4, -0.2) is 10.0 Å². The number of nitrogens with zero attached hydrogens (tertiary/aromatic N) is 1. The summed E-state index contributed by atoms with van der Waals surface area (Å²) in [5, 5.41) is 21.2. The Hall–Kier alpha value is -2.20. The lowest BCUT2D eigenvalue weighted by Crippen LogP contribution is -2.03. The summed E-state index contributed by atoms with van der Waals surface area (Å²) in [7, 11) is 0. The van der Waals surface area contributed by atoms with Crippen LogP contribution in [0.5, 0.6) is 0 Å². The number of nitro benzene ring substituents is 1. The maximum Gasteiger partial charge on any atom is 0.275 e. The van der Waals surface area contributed by atoms with Crippen molar-refractivity contribution in [2.24, 2.45) is 0 Å². The first-order valence-corrected chi connectivity index (χ1v) is 6.13. The molecule has 2 rings (SSSR count). The van der Waals surface area contributed by atoms with Crippen LogP contribution in [0.3, 0.4) is 0 Å². The third kappa shape index (κ3) is 2.80. The van der Waals surface area contributed by atoms with Crippen molar-refractivity contribution in [2.75, 3.05) is 0 Å². The van der Waals surface area contributed by atoms with Gasteiger partial charge in [-0.3, -0.25) is 10.1 Å². The first-order valence-electron chi connectivity index (χ1n) is 6.13. The largest absolute Gasteiger partial charge is 0.383 e. The first-order chi connectivity index (χ1) is 9.13. The van der Waals surface area contributed by atoms with Gasteiger partial charge in [0.1, 0.15) is 6.10 Å². The third-order valence-electron chi connectivity index (χ3n) is 3.13. The Kier molecular flexibility index (Phi) is 3.92. The molecule has 0 saturated carbocycles. The second kappa shape index (κ2) is 5.63. The van der Waals surface area contributed by atoms with Gasteiger partial charge in [0.25, 0.3) is 5.69 Å². The highest BCUT2D eigenvalue weighted by Crippen LogP contribution is 2.29. The molecule has 0 spiro atoms. The van der Waals surface area contributed by atoms with Gasteiger partial charge in [-0.15, -0.1) is 0 Å². The van der Waals surface area contributed by atoms with Crippen LogP contribution in [0.1, 0.15) is 29.7 Å². The van der Waals surface area contributed by atoms with E-state index in [1.54, 1.807) is 30.3 Å². The van der Waals surface area contributed by atoms with Gasteiger partial charge >= 0.3 is 0 Å². The van der Waals surface area contributed by atoms with Gasteiger partial charge in [-0.25, -0.2) is 0 Å². The molecule has 0 aromatic heterocycles. The molecule has 98 valence electrons. The molecule has 0 bridgehead atoms. The highest BCUT2D eigenvalue weighted by Gasteiger charge is 2.20. The van der Waals surface area contributed by atoms with E-state index in [9.17, 15) is 15.2 Å². The number of aliphatic hydroxyl groups excluding tert-OH is 1. The molecule has 0 amide bonds. The zero-order valence-electron chi connectivity index (χ0n) is 10.6. The van der Waals surface area contributed by atoms with Gasteiger partial charge in [-0.05, 0) is 23.6 Å². The summed E-state index contributed by atoms with van der Waals surface area (Å²) in [5.41, 5.74) is 2.08. The van der Waals surface area contributed by atoms with E-state index in [0.717, 1.165) is 6.42 Å². The standard InChI is InChI=1S/C15H15NO3/c1-2-11-7-9-12(10-8-11)15(17)13-5-3-4-6-14(13)16(18)19/h3-10,15,17H,2H2,1H3/t15-/m1/s1. The van der Waals surface area contributed by atoms with Gasteiger partial charge in [0.05, 0.1) is 10.5 Å². The molecule has 2 aromatic carbocycles. The number of aliphatic hydroxyl groups is 1. The SMILES string of the molecule is CCc1ccc([C@@H](O)c2ccccc2[N+](=O)[O-])cc1. The fourth-order valence-electron chi connectivity index (χ4n) is 2.00. The zero-order chi connectivity index (χ0) is 13.8. The maximum absolute atomic E-state index is 11.0. The molecule has 1 N–H and O–H groups in total. The summed E-state index contributed by atoms with van der Waals surface area (Å²) in [4.78, 5) is 10.5. The normalized spacial score (nSPS) is 12.1. The smallest absolute Gasteiger partial charge is 0.275 e. The van der Waals surface area contributed by atoms with Gasteiger partial charge in [-0.1, -0.05) is 43.3 Å². The second-order valence-corrected chi connectivity index (χ2v) is 4.31. The minimum Gasteiger partial charge on any atom is -0.383 e. The van der Waals surface area contributed by atoms with Crippen molar-refractivity contribution in [1.82, 2.24) is 0 Å². The van der Waals surface area contributed by atoms with E-state index in [1.807, 2.05) is 19.1 Å². The highest BCUT2D eigenvalue weighted by atomic mass is 16.6. The number of benzene rings is 2. The van der Waals surface area contributed by atoms with E-state index < -0.39 is 11.0 Å². The lowest BCUT2D eigenvalue weighted by Gasteiger charge is -2.12. The lowest BCUT2D eigenvalue weighted by atomic mass is 9.98. The van der Waals surface area contributed by atoms with Gasteiger partial charge in [-0.2, -0.15) is 0 Å². The number of aryl methyl sites for hydroxylation is 1. The lowest BCUT2D eigenvalue weighted by molar-refractivity contribution is -0.386. The van der Waals surface area contributed by atoms with Crippen molar-refractivity contribution in [2.45, 2.75) is 19.4 Å². The molecule has 4 nitrogen and oxygen atoms in total. The molecule has 0 fully saturated rings. The highest BCUT2D eigenvalue weighted by molar-refractivity contribution is 5.45. The van der Waals surface area contributed by atoms with Gasteiger partial charge < -0.3 is 5.11 Å². The van der Waals surface area contributed by atoms with Crippen LogP contribution in [-0.2, 0) is 6.42 Å². The van der Waals surface area contributed by atoms with Crippen LogP contribution in [0.15, 0.2) is 48.5 Å². The Bertz CT molecular complexity index is 578. The van der Waals surface area contributed by atoms with E-state index in [0.29, 0.717) is 11.1 Å². The molecule has 1 atom stereocenters. The van der Waals surface area contributed by atoms with Gasteiger partial charge in [0.15, 0.2) is 0 Å². The Labute approximate surface area is 111 Å². The molecule has 0 radical (unpaired) electrons. The predicted molar refractivity (Wildman–Crippen MR) is 73.0 cm³/mol. The number of para-hydroxylation sites is 1. The summed E-state index contributed by atoms with van der Waals surface area (Å²) in [5.74, 6) is 0. The van der Waals surface area contributed by atoms with Crippen LogP contribution in [0.2, 0.25) is 0 Å². The minimum atomic E-state index is -0.979. The van der Waals surface area contributed by atoms with Gasteiger partial charge in [0, 0.05) is 6.07 Å². The fraction of sp³-hybridized carbons (Fsp3) is 0.200. The molecule has 2 aromatic rings. The van der Waals surface area contributed by atoms with E-state index in [-0.39, 0.29) is 5.69 Å². The van der Waals surface area contributed by atoms with Crippen LogP contribution in [0.4, 0.5) is 5.69 Å². The van der Waals surface area contributed by atoms with Crippen LogP contribution in [0.25, 0.3) is 0 Å². The average Bonchev–Trinajstić information content (AvgIpc) is 2.46. The molecule has 0 aliphatic heterocycles. The minimum absolute atomic E-state index is 0.0606. The Balaban J connectivity index is 2.37. The summed E-state index contributed by atoms with van der Waals surface area (Å²) in [6, 6.07) is 13.7. The van der Waals surface area contributed by atoms with E-state index in [2.05, 4.69) is 0 Å². The Morgan fingerprint density at radius 1 is 1.16 bits per heavy atom. The molecule has 0 unspecified atom stereocenters. The number of rotatable bonds is 4. The summed E-state index contributed by atoms with van der Waals surface area (Å²) in [6.07, 6.45) is -0.0606. The Morgan fingerprint density at radius 3 is 2.37 bits per heavy atom. The van der Waals surface area contributed by atoms with E-state index >= 15 is 0 Å². The molecular formula is C15H15NO3. The number of hydrogen-bond acceptors (Lipinski definition) is 3. The van der Waals surface area contributed by atoms with Crippen LogP contribution < -0.4 is 0 Å². The zero-order valence-corrected chi connectivity index (χ0v) is 10.6. The molecular weight excluding hydrogens is 242 g/mol. The summed E-state index contributed by atoms with van der Waals surface area (Å²) in [6.45, 7) is 2.05.